The van der Waals surface area contributed by atoms with Crippen LogP contribution in [0.5, 0.6) is 5.75 Å². The van der Waals surface area contributed by atoms with Crippen LogP contribution in [0.3, 0.4) is 0 Å². The van der Waals surface area contributed by atoms with E-state index in [1.54, 1.807) is 0 Å². The molecule has 0 aliphatic heterocycles. The van der Waals surface area contributed by atoms with Crippen molar-refractivity contribution >= 4 is 45.9 Å². The molecule has 0 aliphatic carbocycles. The number of hydrogen-bond donors (Lipinski definition) is 1. The Morgan fingerprint density at radius 2 is 1.43 bits per heavy atom. The molecule has 224 valence electrons. The van der Waals surface area contributed by atoms with Gasteiger partial charge in [-0.15, -0.1) is 13.2 Å². The number of rotatable bonds is 5. The third-order valence-corrected chi connectivity index (χ3v) is 6.56. The first-order valence-corrected chi connectivity index (χ1v) is 12.2. The molecule has 1 amide bonds. The minimum absolute atomic E-state index is 0.0378. The van der Waals surface area contributed by atoms with E-state index in [9.17, 15) is 44.3 Å². The Labute approximate surface area is 240 Å². The Hall–Kier alpha value is -3.78. The molecule has 42 heavy (non-hydrogen) atoms. The van der Waals surface area contributed by atoms with Gasteiger partial charge in [0.1, 0.15) is 5.75 Å². The van der Waals surface area contributed by atoms with E-state index >= 15 is 0 Å². The van der Waals surface area contributed by atoms with Gasteiger partial charge in [0, 0.05) is 22.8 Å². The molecule has 16 heteroatoms. The highest BCUT2D eigenvalue weighted by molar-refractivity contribution is 6.38. The first kappa shape index (κ1) is 31.2. The van der Waals surface area contributed by atoms with Crippen molar-refractivity contribution in [2.24, 2.45) is 0 Å². The number of para-hydroxylation sites is 1. The van der Waals surface area contributed by atoms with E-state index in [2.05, 4.69) is 4.74 Å². The fraction of sp³-hybridized carbons (Fsp3) is 0.192. The van der Waals surface area contributed by atoms with E-state index in [1.807, 2.05) is 5.32 Å². The zero-order valence-electron chi connectivity index (χ0n) is 20.7. The summed E-state index contributed by atoms with van der Waals surface area (Å²) in [5.41, 5.74) is -5.60. The third kappa shape index (κ3) is 6.33. The van der Waals surface area contributed by atoms with E-state index < -0.39 is 57.3 Å². The van der Waals surface area contributed by atoms with Crippen molar-refractivity contribution in [3.05, 3.63) is 88.0 Å². The maximum Gasteiger partial charge on any atom is 0.573 e. The molecule has 0 bridgehead atoms. The topological polar surface area (TPSA) is 52.5 Å². The molecule has 1 heterocycles. The number of aromatic nitrogens is 1. The van der Waals surface area contributed by atoms with E-state index in [0.717, 1.165) is 35.0 Å². The van der Waals surface area contributed by atoms with Gasteiger partial charge >= 0.3 is 24.8 Å². The molecule has 5 nitrogen and oxygen atoms in total. The van der Waals surface area contributed by atoms with Crippen LogP contribution in [0.25, 0.3) is 16.6 Å². The number of nitrogens with zero attached hydrogens (tertiary/aromatic N) is 1. The Bertz CT molecular complexity index is 1610. The van der Waals surface area contributed by atoms with Gasteiger partial charge in [-0.2, -0.15) is 26.3 Å². The third-order valence-electron chi connectivity index (χ3n) is 5.98. The van der Waals surface area contributed by atoms with Crippen molar-refractivity contribution in [2.45, 2.75) is 31.2 Å². The number of ether oxygens (including phenoxy) is 2. The predicted octanol–water partition coefficient (Wildman–Crippen LogP) is 9.88. The monoisotopic (exact) mass is 644 g/mol. The summed E-state index contributed by atoms with van der Waals surface area (Å²) in [5, 5.41) is 0.854. The highest BCUT2D eigenvalue weighted by Crippen LogP contribution is 2.47. The summed E-state index contributed by atoms with van der Waals surface area (Å²) >= 11 is 12.2. The summed E-state index contributed by atoms with van der Waals surface area (Å²) in [6.07, 6.45) is -15.8. The maximum absolute atomic E-state index is 14.6. The fourth-order valence-corrected chi connectivity index (χ4v) is 4.71. The average Bonchev–Trinajstić information content (AvgIpc) is 3.22. The van der Waals surface area contributed by atoms with E-state index in [1.165, 1.54) is 24.3 Å². The number of fused-ring (bicyclic) bond motifs is 1. The number of carbonyl (C=O) groups is 1. The summed E-state index contributed by atoms with van der Waals surface area (Å²) in [6, 6.07) is 10.1. The van der Waals surface area contributed by atoms with Crippen molar-refractivity contribution in [1.82, 2.24) is 4.57 Å². The van der Waals surface area contributed by atoms with Gasteiger partial charge in [-0.25, -0.2) is 4.79 Å². The molecule has 1 atom stereocenters. The summed E-state index contributed by atoms with van der Waals surface area (Å²) in [7, 11) is 0. The summed E-state index contributed by atoms with van der Waals surface area (Å²) in [6.45, 7) is 0.551. The largest absolute Gasteiger partial charge is 0.573 e. The number of carbonyl (C=O) groups excluding carboxylic acids is 1. The van der Waals surface area contributed by atoms with Crippen LogP contribution in [0.4, 0.5) is 50.0 Å². The molecule has 0 fully saturated rings. The van der Waals surface area contributed by atoms with E-state index in [-0.39, 0.29) is 22.3 Å². The molecule has 1 unspecified atom stereocenters. The number of halogens is 11. The quantitative estimate of drug-likeness (QED) is 0.220. The minimum Gasteiger partial charge on any atom is -0.428 e. The number of amides is 1. The molecule has 4 rings (SSSR count). The average molecular weight is 645 g/mol. The Morgan fingerprint density at radius 1 is 0.857 bits per heavy atom. The molecular weight excluding hydrogens is 630 g/mol. The number of anilines is 1. The van der Waals surface area contributed by atoms with Crippen LogP contribution in [-0.4, -0.2) is 23.2 Å². The van der Waals surface area contributed by atoms with E-state index in [0.29, 0.717) is 19.1 Å². The van der Waals surface area contributed by atoms with Gasteiger partial charge in [-0.1, -0.05) is 41.4 Å². The SMILES string of the molecule is CC(OC(=O)Nc1ccc(OC(F)(F)F)cc1)(c1cn(-c2c(Cl)cc(C(F)(F)F)cc2Cl)c2ccccc12)C(F)(F)F. The van der Waals surface area contributed by atoms with Crippen LogP contribution in [0.15, 0.2) is 66.9 Å². The van der Waals surface area contributed by atoms with Crippen molar-refractivity contribution in [2.75, 3.05) is 5.32 Å². The predicted molar refractivity (Wildman–Crippen MR) is 135 cm³/mol. The fourth-order valence-electron chi connectivity index (χ4n) is 4.04. The van der Waals surface area contributed by atoms with Crippen LogP contribution in [-0.2, 0) is 16.5 Å². The second kappa shape index (κ2) is 10.8. The molecule has 0 saturated carbocycles. The molecule has 3 aromatic carbocycles. The second-order valence-electron chi connectivity index (χ2n) is 8.83. The van der Waals surface area contributed by atoms with Crippen molar-refractivity contribution in [1.29, 1.82) is 0 Å². The molecule has 0 spiro atoms. The number of alkyl halides is 9. The van der Waals surface area contributed by atoms with Crippen LogP contribution < -0.4 is 10.1 Å². The Morgan fingerprint density at radius 3 is 1.95 bits per heavy atom. The highest BCUT2D eigenvalue weighted by Gasteiger charge is 2.57. The maximum atomic E-state index is 14.6. The molecule has 1 aromatic heterocycles. The molecule has 0 radical (unpaired) electrons. The van der Waals surface area contributed by atoms with Crippen LogP contribution in [0, 0.1) is 0 Å². The first-order chi connectivity index (χ1) is 19.3. The standard InChI is InChI=1S/C26H15Cl2F9N2O3/c1-23(25(32,33)34,42-22(40)38-14-6-8-15(9-7-14)41-26(35,36)37)17-12-39(20-5-3-2-4-16(17)20)21-18(27)10-13(11-19(21)28)24(29,30)31/h2-12H,1H3,(H,38,40). The summed E-state index contributed by atoms with van der Waals surface area (Å²) in [4.78, 5) is 12.6. The summed E-state index contributed by atoms with van der Waals surface area (Å²) < 4.78 is 130. The normalized spacial score (nSPS) is 14.0. The van der Waals surface area contributed by atoms with Crippen LogP contribution >= 0.6 is 23.2 Å². The molecule has 4 aromatic rings. The number of nitrogens with one attached hydrogen (secondary N) is 1. The lowest BCUT2D eigenvalue weighted by molar-refractivity contribution is -0.274. The van der Waals surface area contributed by atoms with Gasteiger partial charge in [0.05, 0.1) is 26.8 Å². The Kier molecular flexibility index (Phi) is 8.02. The zero-order valence-corrected chi connectivity index (χ0v) is 22.2. The van der Waals surface area contributed by atoms with Gasteiger partial charge in [0.2, 0.25) is 5.60 Å². The number of benzene rings is 3. The lowest BCUT2D eigenvalue weighted by Crippen LogP contribution is -2.44. The Balaban J connectivity index is 1.75. The lowest BCUT2D eigenvalue weighted by atomic mass is 9.94. The van der Waals surface area contributed by atoms with Crippen LogP contribution in [0.1, 0.15) is 18.1 Å². The molecule has 0 saturated heterocycles. The molecular formula is C26H15Cl2F9N2O3. The molecule has 1 N–H and O–H groups in total. The summed E-state index contributed by atoms with van der Waals surface area (Å²) in [5.74, 6) is -0.644. The van der Waals surface area contributed by atoms with E-state index in [4.69, 9.17) is 27.9 Å². The highest BCUT2D eigenvalue weighted by atomic mass is 35.5. The lowest BCUT2D eigenvalue weighted by Gasteiger charge is -2.31. The van der Waals surface area contributed by atoms with Gasteiger partial charge < -0.3 is 14.0 Å². The number of hydrogen-bond acceptors (Lipinski definition) is 3. The van der Waals surface area contributed by atoms with Gasteiger partial charge in [-0.05, 0) is 49.4 Å². The van der Waals surface area contributed by atoms with Gasteiger partial charge in [0.15, 0.2) is 0 Å². The first-order valence-electron chi connectivity index (χ1n) is 11.4. The van der Waals surface area contributed by atoms with Crippen molar-refractivity contribution in [3.63, 3.8) is 0 Å². The van der Waals surface area contributed by atoms with Crippen LogP contribution in [0.2, 0.25) is 10.0 Å². The van der Waals surface area contributed by atoms with Crippen molar-refractivity contribution in [3.8, 4) is 11.4 Å². The minimum atomic E-state index is -5.25. The zero-order chi connectivity index (χ0) is 31.3. The van der Waals surface area contributed by atoms with Crippen molar-refractivity contribution < 1.29 is 53.8 Å². The smallest absolute Gasteiger partial charge is 0.428 e. The van der Waals surface area contributed by atoms with Gasteiger partial charge in [-0.3, -0.25) is 5.32 Å². The van der Waals surface area contributed by atoms with Gasteiger partial charge in [0.25, 0.3) is 0 Å². The second-order valence-corrected chi connectivity index (χ2v) is 9.65. The molecule has 0 aliphatic rings.